The van der Waals surface area contributed by atoms with E-state index in [0.717, 1.165) is 72.1 Å². The standard InChI is InChI=1S/C41H51N3O3/c1-7-39(45)47-29-13-9-8-12-28-46-34-22-18-32(19-23-34)30-42-37-24-25-38(36-15-11-10-14-35(36)37)44-43-33-20-16-31(17-21-33)26-27-41(5,6)40(2,3)4/h7,10-11,14-25,42H,1,8-9,12-13,26-30H2,2-6H3. The van der Waals surface area contributed by atoms with Crippen LogP contribution in [-0.4, -0.2) is 19.2 Å². The minimum Gasteiger partial charge on any atom is -0.494 e. The maximum Gasteiger partial charge on any atom is 0.330 e. The van der Waals surface area contributed by atoms with E-state index in [1.165, 1.54) is 17.2 Å². The molecule has 0 heterocycles. The zero-order chi connectivity index (χ0) is 33.7. The molecule has 0 aliphatic rings. The normalized spacial score (nSPS) is 11.9. The monoisotopic (exact) mass is 633 g/mol. The fraction of sp³-hybridized carbons (Fsp3) is 0.390. The molecular weight excluding hydrogens is 582 g/mol. The summed E-state index contributed by atoms with van der Waals surface area (Å²) in [6, 6.07) is 29.1. The van der Waals surface area contributed by atoms with Crippen LogP contribution >= 0.6 is 0 Å². The summed E-state index contributed by atoms with van der Waals surface area (Å²) in [4.78, 5) is 11.1. The van der Waals surface area contributed by atoms with Crippen molar-refractivity contribution in [2.24, 2.45) is 21.1 Å². The lowest BCUT2D eigenvalue weighted by Gasteiger charge is -2.39. The highest BCUT2D eigenvalue weighted by Crippen LogP contribution is 2.41. The van der Waals surface area contributed by atoms with Crippen molar-refractivity contribution >= 4 is 33.8 Å². The summed E-state index contributed by atoms with van der Waals surface area (Å²) in [5.41, 5.74) is 5.79. The van der Waals surface area contributed by atoms with Crippen LogP contribution in [0.15, 0.2) is 108 Å². The molecule has 0 radical (unpaired) electrons. The number of hydrogen-bond donors (Lipinski definition) is 1. The fourth-order valence-electron chi connectivity index (χ4n) is 5.08. The third-order valence-electron chi connectivity index (χ3n) is 9.30. The van der Waals surface area contributed by atoms with E-state index >= 15 is 0 Å². The lowest BCUT2D eigenvalue weighted by Crippen LogP contribution is -2.30. The first-order valence-electron chi connectivity index (χ1n) is 16.8. The number of esters is 1. The van der Waals surface area contributed by atoms with Gasteiger partial charge in [0.25, 0.3) is 0 Å². The molecule has 4 rings (SSSR count). The highest BCUT2D eigenvalue weighted by molar-refractivity contribution is 6.00. The Hall–Kier alpha value is -4.45. The molecule has 4 aromatic carbocycles. The maximum atomic E-state index is 11.1. The van der Waals surface area contributed by atoms with E-state index in [2.05, 4.69) is 117 Å². The molecule has 248 valence electrons. The molecule has 6 heteroatoms. The molecule has 0 aliphatic carbocycles. The lowest BCUT2D eigenvalue weighted by molar-refractivity contribution is -0.137. The van der Waals surface area contributed by atoms with Crippen molar-refractivity contribution in [1.82, 2.24) is 0 Å². The van der Waals surface area contributed by atoms with Gasteiger partial charge in [-0.3, -0.25) is 0 Å². The molecule has 0 atom stereocenters. The number of nitrogens with zero attached hydrogens (tertiary/aromatic N) is 2. The lowest BCUT2D eigenvalue weighted by atomic mass is 9.66. The second-order valence-electron chi connectivity index (χ2n) is 13.8. The predicted molar refractivity (Wildman–Crippen MR) is 195 cm³/mol. The van der Waals surface area contributed by atoms with Crippen molar-refractivity contribution in [3.8, 4) is 5.75 Å². The van der Waals surface area contributed by atoms with Crippen molar-refractivity contribution in [2.75, 3.05) is 18.5 Å². The first kappa shape index (κ1) is 35.4. The van der Waals surface area contributed by atoms with Gasteiger partial charge in [0.15, 0.2) is 0 Å². The predicted octanol–water partition coefficient (Wildman–Crippen LogP) is 11.5. The third kappa shape index (κ3) is 10.8. The van der Waals surface area contributed by atoms with Gasteiger partial charge in [-0.25, -0.2) is 4.79 Å². The number of unbranched alkanes of at least 4 members (excludes halogenated alkanes) is 3. The molecule has 1 N–H and O–H groups in total. The fourth-order valence-corrected chi connectivity index (χ4v) is 5.08. The number of hydrogen-bond acceptors (Lipinski definition) is 6. The van der Waals surface area contributed by atoms with Crippen molar-refractivity contribution < 1.29 is 14.3 Å². The van der Waals surface area contributed by atoms with E-state index < -0.39 is 0 Å². The zero-order valence-corrected chi connectivity index (χ0v) is 28.9. The molecular formula is C41H51N3O3. The van der Waals surface area contributed by atoms with E-state index in [1.54, 1.807) is 0 Å². The van der Waals surface area contributed by atoms with Crippen molar-refractivity contribution in [3.05, 3.63) is 109 Å². The minimum atomic E-state index is -0.361. The summed E-state index contributed by atoms with van der Waals surface area (Å²) in [5.74, 6) is 0.508. The molecule has 4 aromatic rings. The Labute approximate surface area is 281 Å². The Kier molecular flexibility index (Phi) is 12.7. The van der Waals surface area contributed by atoms with Crippen LogP contribution in [0, 0.1) is 10.8 Å². The summed E-state index contributed by atoms with van der Waals surface area (Å²) in [7, 11) is 0. The highest BCUT2D eigenvalue weighted by Gasteiger charge is 2.32. The Morgan fingerprint density at radius 3 is 2.11 bits per heavy atom. The van der Waals surface area contributed by atoms with Crippen molar-refractivity contribution in [3.63, 3.8) is 0 Å². The summed E-state index contributed by atoms with van der Waals surface area (Å²) < 4.78 is 10.9. The molecule has 6 nitrogen and oxygen atoms in total. The van der Waals surface area contributed by atoms with Gasteiger partial charge in [-0.1, -0.05) is 89.7 Å². The van der Waals surface area contributed by atoms with Crippen LogP contribution in [0.4, 0.5) is 17.1 Å². The third-order valence-corrected chi connectivity index (χ3v) is 9.30. The number of carbonyl (C=O) groups is 1. The van der Waals surface area contributed by atoms with E-state index in [4.69, 9.17) is 9.47 Å². The number of aryl methyl sites for hydroxylation is 1. The van der Waals surface area contributed by atoms with E-state index in [0.29, 0.717) is 19.8 Å². The Morgan fingerprint density at radius 2 is 1.43 bits per heavy atom. The number of azo groups is 1. The van der Waals surface area contributed by atoms with Gasteiger partial charge >= 0.3 is 5.97 Å². The second kappa shape index (κ2) is 16.9. The van der Waals surface area contributed by atoms with Crippen LogP contribution in [0.3, 0.4) is 0 Å². The maximum absolute atomic E-state index is 11.1. The van der Waals surface area contributed by atoms with E-state index in [9.17, 15) is 4.79 Å². The van der Waals surface area contributed by atoms with Gasteiger partial charge in [0.05, 0.1) is 24.6 Å². The second-order valence-corrected chi connectivity index (χ2v) is 13.8. The molecule has 0 aromatic heterocycles. The molecule has 0 fully saturated rings. The van der Waals surface area contributed by atoms with E-state index in [1.807, 2.05) is 24.3 Å². The van der Waals surface area contributed by atoms with Crippen LogP contribution in [0.25, 0.3) is 10.8 Å². The molecule has 0 bridgehead atoms. The molecule has 47 heavy (non-hydrogen) atoms. The number of rotatable bonds is 17. The van der Waals surface area contributed by atoms with Gasteiger partial charge < -0.3 is 14.8 Å². The summed E-state index contributed by atoms with van der Waals surface area (Å²) in [6.07, 6.45) is 7.25. The first-order chi connectivity index (χ1) is 22.6. The van der Waals surface area contributed by atoms with Gasteiger partial charge in [-0.05, 0) is 96.9 Å². The number of carbonyl (C=O) groups excluding carboxylic acids is 1. The number of benzene rings is 4. The minimum absolute atomic E-state index is 0.266. The molecule has 0 aliphatic heterocycles. The van der Waals surface area contributed by atoms with Gasteiger partial charge in [-0.15, -0.1) is 5.11 Å². The highest BCUT2D eigenvalue weighted by atomic mass is 16.5. The summed E-state index contributed by atoms with van der Waals surface area (Å²) >= 11 is 0. The molecule has 0 amide bonds. The summed E-state index contributed by atoms with van der Waals surface area (Å²) in [5, 5.41) is 15.0. The largest absolute Gasteiger partial charge is 0.494 e. The van der Waals surface area contributed by atoms with Crippen molar-refractivity contribution in [2.45, 2.75) is 79.7 Å². The summed E-state index contributed by atoms with van der Waals surface area (Å²) in [6.45, 7) is 16.9. The van der Waals surface area contributed by atoms with E-state index in [-0.39, 0.29) is 16.8 Å². The van der Waals surface area contributed by atoms with Crippen LogP contribution < -0.4 is 10.1 Å². The zero-order valence-electron chi connectivity index (χ0n) is 28.9. The first-order valence-corrected chi connectivity index (χ1v) is 16.8. The number of fused-ring (bicyclic) bond motifs is 1. The average Bonchev–Trinajstić information content (AvgIpc) is 3.07. The Bertz CT molecular complexity index is 1620. The van der Waals surface area contributed by atoms with Gasteiger partial charge in [0.2, 0.25) is 0 Å². The van der Waals surface area contributed by atoms with Crippen LogP contribution in [-0.2, 0) is 22.5 Å². The molecule has 0 unspecified atom stereocenters. The SMILES string of the molecule is C=CC(=O)OCCCCCCOc1ccc(CNc2ccc(N=Nc3ccc(CCC(C)(C)C(C)(C)C)cc3)c3ccccc23)cc1. The van der Waals surface area contributed by atoms with Crippen LogP contribution in [0.5, 0.6) is 5.75 Å². The Balaban J connectivity index is 1.27. The number of anilines is 1. The molecule has 0 spiro atoms. The number of ether oxygens (including phenoxy) is 2. The van der Waals surface area contributed by atoms with Crippen LogP contribution in [0.1, 0.15) is 77.8 Å². The van der Waals surface area contributed by atoms with Crippen molar-refractivity contribution in [1.29, 1.82) is 0 Å². The topological polar surface area (TPSA) is 72.3 Å². The van der Waals surface area contributed by atoms with Gasteiger partial charge in [0, 0.05) is 29.1 Å². The van der Waals surface area contributed by atoms with Gasteiger partial charge in [0.1, 0.15) is 5.75 Å². The van der Waals surface area contributed by atoms with Crippen LogP contribution in [0.2, 0.25) is 0 Å². The number of nitrogens with one attached hydrogen (secondary N) is 1. The molecule has 0 saturated carbocycles. The Morgan fingerprint density at radius 1 is 0.766 bits per heavy atom. The van der Waals surface area contributed by atoms with Gasteiger partial charge in [-0.2, -0.15) is 5.11 Å². The smallest absolute Gasteiger partial charge is 0.330 e. The average molecular weight is 634 g/mol. The molecule has 0 saturated heterocycles. The quantitative estimate of drug-likeness (QED) is 0.0543.